The zero-order valence-electron chi connectivity index (χ0n) is 26.5. The lowest BCUT2D eigenvalue weighted by atomic mass is 10.0. The second kappa shape index (κ2) is 11.5. The summed E-state index contributed by atoms with van der Waals surface area (Å²) in [6.07, 6.45) is 0. The predicted octanol–water partition coefficient (Wildman–Crippen LogP) is 14.4. The molecule has 10 aromatic rings. The maximum absolute atomic E-state index is 2.40. The third-order valence-electron chi connectivity index (χ3n) is 9.64. The topological polar surface area (TPSA) is 3.24 Å². The van der Waals surface area contributed by atoms with Gasteiger partial charge in [-0.2, -0.15) is 0 Å². The molecule has 0 amide bonds. The normalized spacial score (nSPS) is 11.7. The van der Waals surface area contributed by atoms with Gasteiger partial charge in [0.05, 0.1) is 0 Å². The summed E-state index contributed by atoms with van der Waals surface area (Å²) in [5.74, 6) is 0. The van der Waals surface area contributed by atoms with Crippen molar-refractivity contribution in [3.8, 4) is 22.3 Å². The molecule has 0 aliphatic heterocycles. The minimum absolute atomic E-state index is 1.13. The van der Waals surface area contributed by atoms with Crippen LogP contribution in [0, 0.1) is 0 Å². The number of hydrogen-bond acceptors (Lipinski definition) is 3. The van der Waals surface area contributed by atoms with Gasteiger partial charge in [0, 0.05) is 57.4 Å². The molecule has 1 nitrogen and oxygen atoms in total. The monoisotopic (exact) mass is 659 g/mol. The zero-order chi connectivity index (χ0) is 32.3. The van der Waals surface area contributed by atoms with Crippen LogP contribution in [0.15, 0.2) is 176 Å². The molecule has 2 aromatic heterocycles. The molecule has 0 aliphatic carbocycles. The van der Waals surface area contributed by atoms with Gasteiger partial charge in [0.2, 0.25) is 0 Å². The lowest BCUT2D eigenvalue weighted by Gasteiger charge is -2.26. The van der Waals surface area contributed by atoms with Crippen LogP contribution in [0.1, 0.15) is 0 Å². The van der Waals surface area contributed by atoms with E-state index in [1.54, 1.807) is 0 Å². The fourth-order valence-corrected chi connectivity index (χ4v) is 9.43. The first-order chi connectivity index (χ1) is 24.2. The average Bonchev–Trinajstić information content (AvgIpc) is 3.73. The van der Waals surface area contributed by atoms with Gasteiger partial charge < -0.3 is 4.90 Å². The van der Waals surface area contributed by atoms with Crippen LogP contribution < -0.4 is 4.90 Å². The number of benzene rings is 8. The molecule has 8 aromatic carbocycles. The van der Waals surface area contributed by atoms with E-state index in [-0.39, 0.29) is 0 Å². The van der Waals surface area contributed by atoms with Crippen LogP contribution >= 0.6 is 22.7 Å². The second-order valence-electron chi connectivity index (χ2n) is 12.6. The first-order valence-electron chi connectivity index (χ1n) is 16.6. The van der Waals surface area contributed by atoms with E-state index in [1.165, 1.54) is 73.4 Å². The van der Waals surface area contributed by atoms with Gasteiger partial charge in [0.1, 0.15) is 0 Å². The molecule has 0 bridgehead atoms. The number of hydrogen-bond donors (Lipinski definition) is 0. The summed E-state index contributed by atoms with van der Waals surface area (Å²) in [5, 5.41) is 7.77. The number of fused-ring (bicyclic) bond motifs is 7. The second-order valence-corrected chi connectivity index (χ2v) is 14.7. The highest BCUT2D eigenvalue weighted by Crippen LogP contribution is 2.43. The van der Waals surface area contributed by atoms with E-state index in [4.69, 9.17) is 0 Å². The maximum atomic E-state index is 2.40. The van der Waals surface area contributed by atoms with Crippen LogP contribution in [0.2, 0.25) is 0 Å². The van der Waals surface area contributed by atoms with Gasteiger partial charge in [-0.25, -0.2) is 0 Å². The smallest absolute Gasteiger partial charge is 0.0468 e. The Balaban J connectivity index is 1.10. The lowest BCUT2D eigenvalue weighted by molar-refractivity contribution is 1.29. The van der Waals surface area contributed by atoms with Gasteiger partial charge >= 0.3 is 0 Å². The molecule has 0 spiro atoms. The summed E-state index contributed by atoms with van der Waals surface area (Å²) in [6.45, 7) is 0. The SMILES string of the molecule is c1cc(-c2ccc3c(c2)sc2ccccc23)cc(N(c2ccc(-c3ccc4ccccc4c3)cc2)c2ccc3sc4ccccc4c3c2)c1. The minimum atomic E-state index is 1.13. The van der Waals surface area contributed by atoms with E-state index in [1.807, 2.05) is 22.7 Å². The van der Waals surface area contributed by atoms with Crippen molar-refractivity contribution < 1.29 is 0 Å². The van der Waals surface area contributed by atoms with Gasteiger partial charge in [-0.1, -0.05) is 109 Å². The number of rotatable bonds is 5. The standard InChI is InChI=1S/C46H29NS2/c1-2-9-32-26-34(17-16-30(32)8-1)31-18-21-36(22-19-31)47(38-23-25-45-42(29-38)40-13-4-6-15-44(40)48-45)37-11-7-10-33(27-37)35-20-24-41-39-12-3-5-14-43(39)49-46(41)28-35/h1-29H. The quantitative estimate of drug-likeness (QED) is 0.178. The van der Waals surface area contributed by atoms with Crippen molar-refractivity contribution in [1.29, 1.82) is 0 Å². The van der Waals surface area contributed by atoms with Crippen molar-refractivity contribution in [3.05, 3.63) is 176 Å². The molecular formula is C46H29NS2. The highest BCUT2D eigenvalue weighted by molar-refractivity contribution is 7.26. The van der Waals surface area contributed by atoms with Crippen LogP contribution in [0.3, 0.4) is 0 Å². The Labute approximate surface area is 292 Å². The zero-order valence-corrected chi connectivity index (χ0v) is 28.1. The maximum Gasteiger partial charge on any atom is 0.0468 e. The van der Waals surface area contributed by atoms with Crippen molar-refractivity contribution in [1.82, 2.24) is 0 Å². The van der Waals surface area contributed by atoms with Gasteiger partial charge in [-0.15, -0.1) is 22.7 Å². The largest absolute Gasteiger partial charge is 0.310 e. The van der Waals surface area contributed by atoms with E-state index in [9.17, 15) is 0 Å². The Kier molecular flexibility index (Phi) is 6.61. The van der Waals surface area contributed by atoms with Gasteiger partial charge in [-0.3, -0.25) is 0 Å². The van der Waals surface area contributed by atoms with E-state index >= 15 is 0 Å². The first kappa shape index (κ1) is 28.3. The molecule has 0 N–H and O–H groups in total. The van der Waals surface area contributed by atoms with Crippen LogP contribution in [0.25, 0.3) is 73.4 Å². The molecule has 0 saturated heterocycles. The molecule has 0 fully saturated rings. The number of nitrogens with zero attached hydrogens (tertiary/aromatic N) is 1. The van der Waals surface area contributed by atoms with Crippen LogP contribution in [0.4, 0.5) is 17.1 Å². The van der Waals surface area contributed by atoms with E-state index in [2.05, 4.69) is 181 Å². The third kappa shape index (κ3) is 4.90. The fraction of sp³-hybridized carbons (Fsp3) is 0. The Morgan fingerprint density at radius 3 is 1.69 bits per heavy atom. The Bertz CT molecular complexity index is 2840. The lowest BCUT2D eigenvalue weighted by Crippen LogP contribution is -2.10. The summed E-state index contributed by atoms with van der Waals surface area (Å²) in [5.41, 5.74) is 8.27. The Hall–Kier alpha value is -5.74. The third-order valence-corrected chi connectivity index (χ3v) is 11.9. The van der Waals surface area contributed by atoms with Crippen LogP contribution in [0.5, 0.6) is 0 Å². The van der Waals surface area contributed by atoms with Crippen LogP contribution in [-0.2, 0) is 0 Å². The van der Waals surface area contributed by atoms with Gasteiger partial charge in [0.15, 0.2) is 0 Å². The molecule has 0 saturated carbocycles. The van der Waals surface area contributed by atoms with Crippen molar-refractivity contribution in [3.63, 3.8) is 0 Å². The molecule has 0 aliphatic rings. The van der Waals surface area contributed by atoms with Crippen molar-refractivity contribution in [2.75, 3.05) is 4.90 Å². The van der Waals surface area contributed by atoms with Crippen LogP contribution in [-0.4, -0.2) is 0 Å². The molecule has 0 atom stereocenters. The molecule has 0 unspecified atom stereocenters. The highest BCUT2D eigenvalue weighted by atomic mass is 32.1. The summed E-state index contributed by atoms with van der Waals surface area (Å²) >= 11 is 3.73. The van der Waals surface area contributed by atoms with Gasteiger partial charge in [-0.05, 0) is 99.8 Å². The average molecular weight is 660 g/mol. The minimum Gasteiger partial charge on any atom is -0.310 e. The van der Waals surface area contributed by atoms with E-state index < -0.39 is 0 Å². The summed E-state index contributed by atoms with van der Waals surface area (Å²) in [7, 11) is 0. The first-order valence-corrected chi connectivity index (χ1v) is 18.2. The summed E-state index contributed by atoms with van der Waals surface area (Å²) in [4.78, 5) is 2.40. The fourth-order valence-electron chi connectivity index (χ4n) is 7.20. The molecule has 2 heterocycles. The van der Waals surface area contributed by atoms with Gasteiger partial charge in [0.25, 0.3) is 0 Å². The molecule has 0 radical (unpaired) electrons. The summed E-state index contributed by atoms with van der Waals surface area (Å²) < 4.78 is 5.28. The predicted molar refractivity (Wildman–Crippen MR) is 215 cm³/mol. The molecule has 10 rings (SSSR count). The highest BCUT2D eigenvalue weighted by Gasteiger charge is 2.16. The molecule has 3 heteroatoms. The number of anilines is 3. The Morgan fingerprint density at radius 2 is 0.857 bits per heavy atom. The molecular weight excluding hydrogens is 631 g/mol. The number of thiophene rings is 2. The Morgan fingerprint density at radius 1 is 0.286 bits per heavy atom. The van der Waals surface area contributed by atoms with Crippen molar-refractivity contribution >= 4 is 90.9 Å². The summed E-state index contributed by atoms with van der Waals surface area (Å²) in [6, 6.07) is 64.6. The molecule has 49 heavy (non-hydrogen) atoms. The van der Waals surface area contributed by atoms with Crippen molar-refractivity contribution in [2.45, 2.75) is 0 Å². The molecule has 230 valence electrons. The van der Waals surface area contributed by atoms with E-state index in [0.29, 0.717) is 0 Å². The van der Waals surface area contributed by atoms with E-state index in [0.717, 1.165) is 17.1 Å². The van der Waals surface area contributed by atoms with Crippen molar-refractivity contribution in [2.24, 2.45) is 0 Å².